The van der Waals surface area contributed by atoms with Crippen LogP contribution in [0.3, 0.4) is 0 Å². The molecule has 0 bridgehead atoms. The largest absolute Gasteiger partial charge is 0.411 e. The van der Waals surface area contributed by atoms with Gasteiger partial charge in [-0.3, -0.25) is 0 Å². The van der Waals surface area contributed by atoms with E-state index in [2.05, 4.69) is 37.2 Å². The molecule has 1 N–H and O–H groups in total. The topological polar surface area (TPSA) is 51.0 Å². The second-order valence-electron chi connectivity index (χ2n) is 9.95. The average Bonchev–Trinajstić information content (AvgIpc) is 3.23. The van der Waals surface area contributed by atoms with Crippen molar-refractivity contribution >= 4 is 5.71 Å². The maximum absolute atomic E-state index is 9.21. The fourth-order valence-corrected chi connectivity index (χ4v) is 7.83. The van der Waals surface area contributed by atoms with Gasteiger partial charge in [0.25, 0.3) is 0 Å². The fraction of sp³-hybridized carbons (Fsp3) is 0.783. The zero-order valence-corrected chi connectivity index (χ0v) is 16.9. The summed E-state index contributed by atoms with van der Waals surface area (Å²) >= 11 is 0. The maximum Gasteiger partial charge on any atom is 0.177 e. The summed E-state index contributed by atoms with van der Waals surface area (Å²) in [6.45, 7) is 4.96. The van der Waals surface area contributed by atoms with Crippen LogP contribution in [-0.2, 0) is 9.47 Å². The zero-order chi connectivity index (χ0) is 18.8. The lowest BCUT2D eigenvalue weighted by Crippen LogP contribution is -2.54. The van der Waals surface area contributed by atoms with Gasteiger partial charge >= 0.3 is 0 Å². The first-order valence-corrected chi connectivity index (χ1v) is 10.8. The van der Waals surface area contributed by atoms with Crippen molar-refractivity contribution in [1.82, 2.24) is 0 Å². The van der Waals surface area contributed by atoms with E-state index < -0.39 is 0 Å². The summed E-state index contributed by atoms with van der Waals surface area (Å²) in [5.41, 5.74) is 2.53. The van der Waals surface area contributed by atoms with Crippen LogP contribution in [0, 0.1) is 35.0 Å². The van der Waals surface area contributed by atoms with Crippen molar-refractivity contribution in [2.24, 2.45) is 40.2 Å². The molecule has 0 aromatic carbocycles. The Bertz CT molecular complexity index is 712. The van der Waals surface area contributed by atoms with Crippen molar-refractivity contribution in [1.29, 1.82) is 0 Å². The van der Waals surface area contributed by atoms with Gasteiger partial charge in [0.2, 0.25) is 0 Å². The number of methoxy groups -OCH3 is 1. The van der Waals surface area contributed by atoms with Gasteiger partial charge in [-0.1, -0.05) is 30.7 Å². The Morgan fingerprint density at radius 2 is 2.11 bits per heavy atom. The molecule has 5 aliphatic rings. The summed E-state index contributed by atoms with van der Waals surface area (Å²) in [6, 6.07) is 0. The van der Waals surface area contributed by atoms with Crippen LogP contribution in [0.4, 0.5) is 0 Å². The molecule has 0 aromatic rings. The Labute approximate surface area is 162 Å². The van der Waals surface area contributed by atoms with Crippen molar-refractivity contribution < 1.29 is 14.7 Å². The first-order valence-electron chi connectivity index (χ1n) is 10.8. The number of allylic oxidation sites excluding steroid dienone is 2. The van der Waals surface area contributed by atoms with Crippen LogP contribution in [-0.4, -0.2) is 29.9 Å². The van der Waals surface area contributed by atoms with E-state index in [1.807, 2.05) is 0 Å². The molecule has 1 aliphatic heterocycles. The van der Waals surface area contributed by atoms with Gasteiger partial charge in [0.1, 0.15) is 0 Å². The van der Waals surface area contributed by atoms with Crippen LogP contribution in [0.2, 0.25) is 0 Å². The Hall–Kier alpha value is -1.13. The molecule has 5 rings (SSSR count). The summed E-state index contributed by atoms with van der Waals surface area (Å²) in [5, 5.41) is 12.7. The molecule has 0 aromatic heterocycles. The summed E-state index contributed by atoms with van der Waals surface area (Å²) in [5.74, 6) is 3.71. The number of hydrogen-bond donors (Lipinski definition) is 1. The van der Waals surface area contributed by atoms with Crippen molar-refractivity contribution in [2.45, 2.75) is 70.7 Å². The number of hydrogen-bond acceptors (Lipinski definition) is 4. The number of nitrogens with zero attached hydrogens (tertiary/aromatic N) is 1. The normalized spacial score (nSPS) is 52.6. The standard InChI is InChI=1S/C23H33NO3/c1-14-12-15-13-16(24-25)4-5-17(15)18-6-9-22(2)19(21(14)18)7-10-23(22)11-8-20(26-3)27-23/h8,11,13-14,17-21,25H,4-7,9-10,12H2,1-3H3/b24-16+/t14-,17-,18?,19?,20?,21?,22-,23+/m0/s1. The molecule has 0 amide bonds. The second-order valence-corrected chi connectivity index (χ2v) is 9.95. The Morgan fingerprint density at radius 3 is 2.85 bits per heavy atom. The van der Waals surface area contributed by atoms with Gasteiger partial charge in [0, 0.05) is 12.5 Å². The number of rotatable bonds is 1. The lowest BCUT2D eigenvalue weighted by Gasteiger charge is -2.57. The molecule has 3 saturated carbocycles. The van der Waals surface area contributed by atoms with Crippen LogP contribution in [0.5, 0.6) is 0 Å². The summed E-state index contributed by atoms with van der Waals surface area (Å²) in [7, 11) is 1.74. The van der Waals surface area contributed by atoms with Crippen molar-refractivity contribution in [3.05, 3.63) is 23.8 Å². The van der Waals surface area contributed by atoms with Crippen LogP contribution in [0.25, 0.3) is 0 Å². The molecule has 27 heavy (non-hydrogen) atoms. The minimum atomic E-state index is -0.175. The molecule has 4 aliphatic carbocycles. The van der Waals surface area contributed by atoms with Crippen molar-refractivity contribution in [2.75, 3.05) is 7.11 Å². The summed E-state index contributed by atoms with van der Waals surface area (Å²) in [6.07, 6.45) is 14.7. The van der Waals surface area contributed by atoms with Gasteiger partial charge in [-0.05, 0) is 86.7 Å². The van der Waals surface area contributed by atoms with Crippen LogP contribution < -0.4 is 0 Å². The molecule has 4 heteroatoms. The maximum atomic E-state index is 9.21. The molecule has 8 atom stereocenters. The van der Waals surface area contributed by atoms with Gasteiger partial charge in [-0.15, -0.1) is 0 Å². The van der Waals surface area contributed by atoms with E-state index in [9.17, 15) is 5.21 Å². The van der Waals surface area contributed by atoms with Gasteiger partial charge in [0.15, 0.2) is 6.29 Å². The van der Waals surface area contributed by atoms with Crippen molar-refractivity contribution in [3.63, 3.8) is 0 Å². The quantitative estimate of drug-likeness (QED) is 0.404. The molecule has 4 nitrogen and oxygen atoms in total. The van der Waals surface area contributed by atoms with E-state index in [0.717, 1.165) is 42.7 Å². The number of fused-ring (bicyclic) bond motifs is 6. The van der Waals surface area contributed by atoms with E-state index >= 15 is 0 Å². The third-order valence-corrected chi connectivity index (χ3v) is 9.05. The average molecular weight is 372 g/mol. The molecular weight excluding hydrogens is 338 g/mol. The van der Waals surface area contributed by atoms with E-state index in [4.69, 9.17) is 9.47 Å². The van der Waals surface area contributed by atoms with Crippen LogP contribution >= 0.6 is 0 Å². The Balaban J connectivity index is 1.46. The third kappa shape index (κ3) is 2.38. The van der Waals surface area contributed by atoms with Gasteiger partial charge < -0.3 is 14.7 Å². The second kappa shape index (κ2) is 6.18. The predicted octanol–water partition coefficient (Wildman–Crippen LogP) is 4.93. The minimum absolute atomic E-state index is 0.123. The number of oxime groups is 1. The van der Waals surface area contributed by atoms with Crippen molar-refractivity contribution in [3.8, 4) is 0 Å². The van der Waals surface area contributed by atoms with E-state index in [1.165, 1.54) is 25.7 Å². The van der Waals surface area contributed by atoms with Gasteiger partial charge in [0.05, 0.1) is 11.3 Å². The van der Waals surface area contributed by atoms with Crippen LogP contribution in [0.1, 0.15) is 58.8 Å². The van der Waals surface area contributed by atoms with Crippen LogP contribution in [0.15, 0.2) is 29.0 Å². The lowest BCUT2D eigenvalue weighted by atomic mass is 9.48. The molecule has 4 unspecified atom stereocenters. The Kier molecular flexibility index (Phi) is 4.11. The highest BCUT2D eigenvalue weighted by molar-refractivity contribution is 5.96. The fourth-order valence-electron chi connectivity index (χ4n) is 7.83. The zero-order valence-electron chi connectivity index (χ0n) is 16.9. The van der Waals surface area contributed by atoms with Gasteiger partial charge in [-0.2, -0.15) is 0 Å². The molecule has 1 spiro atoms. The van der Waals surface area contributed by atoms with E-state index in [0.29, 0.717) is 11.8 Å². The summed E-state index contributed by atoms with van der Waals surface area (Å²) < 4.78 is 12.0. The molecule has 3 fully saturated rings. The minimum Gasteiger partial charge on any atom is -0.411 e. The highest BCUT2D eigenvalue weighted by atomic mass is 16.7. The molecular formula is C23H33NO3. The Morgan fingerprint density at radius 1 is 1.26 bits per heavy atom. The monoisotopic (exact) mass is 371 g/mol. The SMILES string of the molecule is COC1C=C[C@@]2(CCC3C4C(CC[C@@]32C)[C@H]2CC/C(=N\O)C=C2C[C@@H]4C)O1. The predicted molar refractivity (Wildman–Crippen MR) is 105 cm³/mol. The van der Waals surface area contributed by atoms with E-state index in [-0.39, 0.29) is 17.3 Å². The molecule has 1 heterocycles. The first-order chi connectivity index (χ1) is 13.0. The van der Waals surface area contributed by atoms with Gasteiger partial charge in [-0.25, -0.2) is 0 Å². The summed E-state index contributed by atoms with van der Waals surface area (Å²) in [4.78, 5) is 0. The number of ether oxygens (including phenoxy) is 2. The highest BCUT2D eigenvalue weighted by Gasteiger charge is 2.65. The highest BCUT2D eigenvalue weighted by Crippen LogP contribution is 2.67. The van der Waals surface area contributed by atoms with E-state index in [1.54, 1.807) is 12.7 Å². The molecule has 0 radical (unpaired) electrons. The molecule has 0 saturated heterocycles. The first kappa shape index (κ1) is 17.9. The lowest BCUT2D eigenvalue weighted by molar-refractivity contribution is -0.193. The smallest absolute Gasteiger partial charge is 0.177 e. The third-order valence-electron chi connectivity index (χ3n) is 9.05. The molecule has 148 valence electrons.